The van der Waals surface area contributed by atoms with Crippen LogP contribution in [0.15, 0.2) is 43.4 Å². The van der Waals surface area contributed by atoms with Crippen LogP contribution in [0.3, 0.4) is 0 Å². The van der Waals surface area contributed by atoms with Gasteiger partial charge in [0.2, 0.25) is 0 Å². The number of oxazole rings is 1. The zero-order valence-electron chi connectivity index (χ0n) is 16.2. The standard InChI is InChI=1S/C20H21N3O3S2/c1-11(2)23-18(24)16-12(3)13(4)28-17(16)21-19(23)27-10-9-22-14-7-5-6-8-15(14)26-20(22)25/h5-8,11H,9-10H2,1-4H3. The molecule has 8 heteroatoms. The summed E-state index contributed by atoms with van der Waals surface area (Å²) >= 11 is 3.05. The Balaban J connectivity index is 1.68. The van der Waals surface area contributed by atoms with E-state index in [4.69, 9.17) is 9.40 Å². The minimum atomic E-state index is -0.365. The predicted octanol–water partition coefficient (Wildman–Crippen LogP) is 4.36. The molecule has 0 N–H and O–H groups in total. The summed E-state index contributed by atoms with van der Waals surface area (Å²) in [5.74, 6) is 0.244. The van der Waals surface area contributed by atoms with Crippen molar-refractivity contribution < 1.29 is 4.42 Å². The summed E-state index contributed by atoms with van der Waals surface area (Å²) in [6, 6.07) is 7.39. The van der Waals surface area contributed by atoms with Crippen LogP contribution in [-0.4, -0.2) is 19.9 Å². The fourth-order valence-corrected chi connectivity index (χ4v) is 5.42. The number of thiophene rings is 1. The summed E-state index contributed by atoms with van der Waals surface area (Å²) in [6.45, 7) is 8.45. The second kappa shape index (κ2) is 7.25. The van der Waals surface area contributed by atoms with Crippen LogP contribution < -0.4 is 11.3 Å². The molecule has 0 bridgehead atoms. The highest BCUT2D eigenvalue weighted by Gasteiger charge is 2.18. The minimum Gasteiger partial charge on any atom is -0.408 e. The van der Waals surface area contributed by atoms with E-state index in [0.717, 1.165) is 26.2 Å². The summed E-state index contributed by atoms with van der Waals surface area (Å²) in [5.41, 5.74) is 2.39. The van der Waals surface area contributed by atoms with Crippen LogP contribution in [0.1, 0.15) is 30.3 Å². The summed E-state index contributed by atoms with van der Waals surface area (Å²) in [6.07, 6.45) is 0. The number of fused-ring (bicyclic) bond motifs is 2. The van der Waals surface area contributed by atoms with E-state index in [2.05, 4.69) is 0 Å². The Morgan fingerprint density at radius 3 is 2.71 bits per heavy atom. The van der Waals surface area contributed by atoms with Gasteiger partial charge in [-0.3, -0.25) is 13.9 Å². The van der Waals surface area contributed by atoms with Gasteiger partial charge in [0.15, 0.2) is 10.7 Å². The van der Waals surface area contributed by atoms with Gasteiger partial charge in [-0.05, 0) is 45.4 Å². The van der Waals surface area contributed by atoms with Gasteiger partial charge in [0.25, 0.3) is 5.56 Å². The molecule has 28 heavy (non-hydrogen) atoms. The van der Waals surface area contributed by atoms with Crippen molar-refractivity contribution in [2.75, 3.05) is 5.75 Å². The third-order valence-electron chi connectivity index (χ3n) is 4.84. The van der Waals surface area contributed by atoms with Crippen LogP contribution in [0.2, 0.25) is 0 Å². The van der Waals surface area contributed by atoms with Gasteiger partial charge in [0.05, 0.1) is 10.9 Å². The molecule has 0 radical (unpaired) electrons. The Bertz CT molecular complexity index is 1290. The lowest BCUT2D eigenvalue weighted by atomic mass is 10.2. The van der Waals surface area contributed by atoms with Gasteiger partial charge in [-0.2, -0.15) is 0 Å². The number of hydrogen-bond donors (Lipinski definition) is 0. The molecule has 0 fully saturated rings. The Morgan fingerprint density at radius 1 is 1.21 bits per heavy atom. The van der Waals surface area contributed by atoms with E-state index in [1.165, 1.54) is 11.8 Å². The van der Waals surface area contributed by atoms with Gasteiger partial charge in [0.1, 0.15) is 4.83 Å². The number of hydrogen-bond acceptors (Lipinski definition) is 6. The van der Waals surface area contributed by atoms with Crippen molar-refractivity contribution in [1.29, 1.82) is 0 Å². The molecule has 0 aliphatic carbocycles. The zero-order chi connectivity index (χ0) is 20.0. The lowest BCUT2D eigenvalue weighted by Crippen LogP contribution is -2.25. The van der Waals surface area contributed by atoms with Crippen molar-refractivity contribution >= 4 is 44.4 Å². The number of thioether (sulfide) groups is 1. The topological polar surface area (TPSA) is 70.0 Å². The van der Waals surface area contributed by atoms with Gasteiger partial charge in [0, 0.05) is 23.2 Å². The van der Waals surface area contributed by atoms with E-state index in [9.17, 15) is 9.59 Å². The molecule has 0 saturated carbocycles. The van der Waals surface area contributed by atoms with E-state index in [1.54, 1.807) is 26.5 Å². The first-order valence-electron chi connectivity index (χ1n) is 9.12. The SMILES string of the molecule is Cc1sc2nc(SCCn3c(=O)oc4ccccc43)n(C(C)C)c(=O)c2c1C. The lowest BCUT2D eigenvalue weighted by molar-refractivity contribution is 0.511. The molecular weight excluding hydrogens is 394 g/mol. The molecule has 0 aliphatic rings. The molecule has 146 valence electrons. The quantitative estimate of drug-likeness (QED) is 0.358. The van der Waals surface area contributed by atoms with Crippen molar-refractivity contribution in [2.24, 2.45) is 0 Å². The Morgan fingerprint density at radius 2 is 1.96 bits per heavy atom. The first-order chi connectivity index (χ1) is 13.4. The van der Waals surface area contributed by atoms with E-state index in [-0.39, 0.29) is 17.4 Å². The zero-order valence-corrected chi connectivity index (χ0v) is 17.8. The molecule has 6 nitrogen and oxygen atoms in total. The van der Waals surface area contributed by atoms with Crippen molar-refractivity contribution in [2.45, 2.75) is 45.4 Å². The largest absolute Gasteiger partial charge is 0.419 e. The van der Waals surface area contributed by atoms with Crippen LogP contribution in [0, 0.1) is 13.8 Å². The van der Waals surface area contributed by atoms with Gasteiger partial charge in [-0.1, -0.05) is 23.9 Å². The number of para-hydroxylation sites is 2. The molecule has 1 aromatic carbocycles. The second-order valence-electron chi connectivity index (χ2n) is 6.96. The number of aromatic nitrogens is 3. The van der Waals surface area contributed by atoms with E-state index < -0.39 is 0 Å². The number of aryl methyl sites for hydroxylation is 3. The van der Waals surface area contributed by atoms with Crippen LogP contribution >= 0.6 is 23.1 Å². The third-order valence-corrected chi connectivity index (χ3v) is 6.87. The van der Waals surface area contributed by atoms with E-state index >= 15 is 0 Å². The smallest absolute Gasteiger partial charge is 0.408 e. The Labute approximate surface area is 169 Å². The lowest BCUT2D eigenvalue weighted by Gasteiger charge is -2.15. The van der Waals surface area contributed by atoms with Crippen molar-refractivity contribution in [3.05, 3.63) is 55.6 Å². The van der Waals surface area contributed by atoms with Crippen LogP contribution in [0.5, 0.6) is 0 Å². The molecule has 3 heterocycles. The normalized spacial score (nSPS) is 11.9. The minimum absolute atomic E-state index is 0.00369. The molecule has 0 amide bonds. The summed E-state index contributed by atoms with van der Waals surface area (Å²) in [5, 5.41) is 1.41. The second-order valence-corrected chi connectivity index (χ2v) is 9.23. The number of benzene rings is 1. The van der Waals surface area contributed by atoms with Gasteiger partial charge in [-0.25, -0.2) is 9.78 Å². The van der Waals surface area contributed by atoms with Crippen LogP contribution in [0.25, 0.3) is 21.3 Å². The fourth-order valence-electron chi connectivity index (χ4n) is 3.30. The molecule has 4 aromatic rings. The summed E-state index contributed by atoms with van der Waals surface area (Å²) in [4.78, 5) is 31.9. The summed E-state index contributed by atoms with van der Waals surface area (Å²) in [7, 11) is 0. The molecule has 0 aliphatic heterocycles. The molecule has 0 atom stereocenters. The van der Waals surface area contributed by atoms with Crippen molar-refractivity contribution in [1.82, 2.24) is 14.1 Å². The first kappa shape index (κ1) is 19.0. The Hall–Kier alpha value is -2.32. The van der Waals surface area contributed by atoms with Crippen LogP contribution in [0.4, 0.5) is 0 Å². The molecule has 4 rings (SSSR count). The highest BCUT2D eigenvalue weighted by molar-refractivity contribution is 7.99. The predicted molar refractivity (Wildman–Crippen MR) is 115 cm³/mol. The highest BCUT2D eigenvalue weighted by atomic mass is 32.2. The third kappa shape index (κ3) is 3.10. The molecule has 0 saturated heterocycles. The number of rotatable bonds is 5. The summed E-state index contributed by atoms with van der Waals surface area (Å²) < 4.78 is 8.66. The van der Waals surface area contributed by atoms with Crippen molar-refractivity contribution in [3.63, 3.8) is 0 Å². The fraction of sp³-hybridized carbons (Fsp3) is 0.350. The Kier molecular flexibility index (Phi) is 4.93. The van der Waals surface area contributed by atoms with Gasteiger partial charge >= 0.3 is 5.76 Å². The van der Waals surface area contributed by atoms with Gasteiger partial charge < -0.3 is 4.42 Å². The monoisotopic (exact) mass is 415 g/mol. The molecular formula is C20H21N3O3S2. The molecule has 3 aromatic heterocycles. The molecule has 0 spiro atoms. The number of nitrogens with zero attached hydrogens (tertiary/aromatic N) is 3. The van der Waals surface area contributed by atoms with Gasteiger partial charge in [-0.15, -0.1) is 11.3 Å². The maximum atomic E-state index is 13.1. The highest BCUT2D eigenvalue weighted by Crippen LogP contribution is 2.29. The average Bonchev–Trinajstić information content (AvgIpc) is 3.11. The van der Waals surface area contributed by atoms with Crippen LogP contribution in [-0.2, 0) is 6.54 Å². The van der Waals surface area contributed by atoms with Crippen molar-refractivity contribution in [3.8, 4) is 0 Å². The maximum Gasteiger partial charge on any atom is 0.419 e. The average molecular weight is 416 g/mol. The maximum absolute atomic E-state index is 13.1. The van der Waals surface area contributed by atoms with E-state index in [1.807, 2.05) is 45.9 Å². The molecule has 0 unspecified atom stereocenters. The van der Waals surface area contributed by atoms with E-state index in [0.29, 0.717) is 23.0 Å². The first-order valence-corrected chi connectivity index (χ1v) is 10.9.